The smallest absolute Gasteiger partial charge is 0.290 e. The van der Waals surface area contributed by atoms with Gasteiger partial charge in [0.25, 0.3) is 17.4 Å². The number of unbranched alkanes of at least 4 members (excludes halogenated alkanes) is 2. The number of carbonyl (C=O) groups excluding carboxylic acids is 2. The van der Waals surface area contributed by atoms with E-state index in [9.17, 15) is 14.4 Å². The molecule has 0 aliphatic heterocycles. The zero-order valence-corrected chi connectivity index (χ0v) is 17.7. The fraction of sp³-hybridized carbons (Fsp3) is 0.364. The van der Waals surface area contributed by atoms with Crippen LogP contribution in [0.4, 0.5) is 0 Å². The molecule has 0 aliphatic carbocycles. The van der Waals surface area contributed by atoms with Crippen LogP contribution in [-0.4, -0.2) is 21.6 Å². The van der Waals surface area contributed by atoms with E-state index >= 15 is 0 Å². The van der Waals surface area contributed by atoms with Crippen LogP contribution in [0.3, 0.4) is 0 Å². The van der Waals surface area contributed by atoms with Gasteiger partial charge in [-0.05, 0) is 33.3 Å². The number of aryl methyl sites for hydroxylation is 3. The van der Waals surface area contributed by atoms with Crippen LogP contribution in [0.25, 0.3) is 10.8 Å². The van der Waals surface area contributed by atoms with E-state index in [-0.39, 0.29) is 11.3 Å². The van der Waals surface area contributed by atoms with Crippen molar-refractivity contribution in [3.63, 3.8) is 0 Å². The number of amides is 2. The number of hydrogen-bond acceptors (Lipinski definition) is 5. The van der Waals surface area contributed by atoms with Crippen LogP contribution in [0.2, 0.25) is 0 Å². The molecular weight excluding hydrogens is 384 g/mol. The molecule has 30 heavy (non-hydrogen) atoms. The lowest BCUT2D eigenvalue weighted by Crippen LogP contribution is -2.43. The van der Waals surface area contributed by atoms with Gasteiger partial charge < -0.3 is 4.42 Å². The Balaban J connectivity index is 1.87. The van der Waals surface area contributed by atoms with Crippen LogP contribution in [0.15, 0.2) is 33.5 Å². The molecule has 2 heterocycles. The van der Waals surface area contributed by atoms with Crippen molar-refractivity contribution in [2.24, 2.45) is 0 Å². The van der Waals surface area contributed by atoms with Gasteiger partial charge in [0.15, 0.2) is 5.69 Å². The number of hydrazine groups is 1. The van der Waals surface area contributed by atoms with Gasteiger partial charge in [-0.1, -0.05) is 38.0 Å². The summed E-state index contributed by atoms with van der Waals surface area (Å²) >= 11 is 0. The van der Waals surface area contributed by atoms with Crippen molar-refractivity contribution in [2.45, 2.75) is 53.5 Å². The van der Waals surface area contributed by atoms with E-state index in [1.54, 1.807) is 45.0 Å². The first kappa shape index (κ1) is 21.3. The molecule has 2 amide bonds. The van der Waals surface area contributed by atoms with Gasteiger partial charge in [-0.2, -0.15) is 5.10 Å². The SMILES string of the molecule is CCCCCn1nc(C(=O)NNC(=O)c2c(C)oc(C)c2C)c2ccccc2c1=O. The van der Waals surface area contributed by atoms with Gasteiger partial charge in [-0.3, -0.25) is 25.2 Å². The maximum Gasteiger partial charge on any atom is 0.290 e. The molecule has 0 saturated heterocycles. The molecule has 2 aromatic heterocycles. The Morgan fingerprint density at radius 3 is 2.30 bits per heavy atom. The summed E-state index contributed by atoms with van der Waals surface area (Å²) in [5.74, 6) is 0.0516. The number of nitrogens with zero attached hydrogens (tertiary/aromatic N) is 2. The molecule has 0 spiro atoms. The maximum atomic E-state index is 12.8. The first-order valence-corrected chi connectivity index (χ1v) is 10.0. The van der Waals surface area contributed by atoms with E-state index in [0.29, 0.717) is 40.0 Å². The molecule has 8 nitrogen and oxygen atoms in total. The predicted molar refractivity (Wildman–Crippen MR) is 113 cm³/mol. The molecule has 158 valence electrons. The third kappa shape index (κ3) is 4.12. The van der Waals surface area contributed by atoms with Gasteiger partial charge in [-0.25, -0.2) is 4.68 Å². The number of nitrogens with one attached hydrogen (secondary N) is 2. The van der Waals surface area contributed by atoms with Crippen molar-refractivity contribution in [2.75, 3.05) is 0 Å². The molecular formula is C22H26N4O4. The van der Waals surface area contributed by atoms with Crippen molar-refractivity contribution in [3.05, 3.63) is 63.0 Å². The van der Waals surface area contributed by atoms with Crippen molar-refractivity contribution in [1.82, 2.24) is 20.6 Å². The molecule has 2 N–H and O–H groups in total. The van der Waals surface area contributed by atoms with Crippen molar-refractivity contribution < 1.29 is 14.0 Å². The highest BCUT2D eigenvalue weighted by atomic mass is 16.3. The van der Waals surface area contributed by atoms with E-state index in [4.69, 9.17) is 4.42 Å². The minimum atomic E-state index is -0.598. The van der Waals surface area contributed by atoms with E-state index in [1.165, 1.54) is 4.68 Å². The summed E-state index contributed by atoms with van der Waals surface area (Å²) in [6.45, 7) is 7.75. The quantitative estimate of drug-likeness (QED) is 0.480. The normalized spacial score (nSPS) is 10.9. The fourth-order valence-corrected chi connectivity index (χ4v) is 3.43. The highest BCUT2D eigenvalue weighted by molar-refractivity contribution is 6.06. The van der Waals surface area contributed by atoms with Crippen LogP contribution in [-0.2, 0) is 6.54 Å². The number of furan rings is 1. The molecule has 0 saturated carbocycles. The largest absolute Gasteiger partial charge is 0.466 e. The van der Waals surface area contributed by atoms with E-state index in [1.807, 2.05) is 0 Å². The van der Waals surface area contributed by atoms with Gasteiger partial charge in [0.05, 0.1) is 10.9 Å². The summed E-state index contributed by atoms with van der Waals surface area (Å²) in [6.07, 6.45) is 2.76. The second kappa shape index (κ2) is 8.94. The molecule has 0 atom stereocenters. The molecule has 3 rings (SSSR count). The monoisotopic (exact) mass is 410 g/mol. The zero-order valence-electron chi connectivity index (χ0n) is 17.7. The third-order valence-electron chi connectivity index (χ3n) is 5.13. The third-order valence-corrected chi connectivity index (χ3v) is 5.13. The van der Waals surface area contributed by atoms with Crippen molar-refractivity contribution in [1.29, 1.82) is 0 Å². The van der Waals surface area contributed by atoms with Crippen LogP contribution >= 0.6 is 0 Å². The van der Waals surface area contributed by atoms with Crippen molar-refractivity contribution >= 4 is 22.6 Å². The lowest BCUT2D eigenvalue weighted by atomic mass is 10.1. The standard InChI is InChI=1S/C22H26N4O4/c1-5-6-9-12-26-22(29)17-11-8-7-10-16(17)19(25-26)21(28)24-23-20(27)18-13(2)14(3)30-15(18)4/h7-8,10-11H,5-6,9,12H2,1-4H3,(H,23,27)(H,24,28). The Hall–Kier alpha value is -3.42. The first-order chi connectivity index (χ1) is 14.3. The van der Waals surface area contributed by atoms with Crippen LogP contribution in [0, 0.1) is 20.8 Å². The number of carbonyl (C=O) groups is 2. The maximum absolute atomic E-state index is 12.8. The predicted octanol–water partition coefficient (Wildman–Crippen LogP) is 3.18. The molecule has 0 radical (unpaired) electrons. The highest BCUT2D eigenvalue weighted by Gasteiger charge is 2.21. The van der Waals surface area contributed by atoms with Gasteiger partial charge in [0, 0.05) is 17.5 Å². The second-order valence-corrected chi connectivity index (χ2v) is 7.25. The summed E-state index contributed by atoms with van der Waals surface area (Å²) in [7, 11) is 0. The summed E-state index contributed by atoms with van der Waals surface area (Å²) in [5.41, 5.74) is 5.77. The van der Waals surface area contributed by atoms with Gasteiger partial charge in [0.2, 0.25) is 0 Å². The molecule has 0 fully saturated rings. The number of hydrogen-bond donors (Lipinski definition) is 2. The number of fused-ring (bicyclic) bond motifs is 1. The molecule has 1 aromatic carbocycles. The molecule has 0 aliphatic rings. The van der Waals surface area contributed by atoms with Gasteiger partial charge in [0.1, 0.15) is 11.5 Å². The molecule has 0 unspecified atom stereocenters. The van der Waals surface area contributed by atoms with Crippen LogP contribution in [0.5, 0.6) is 0 Å². The zero-order chi connectivity index (χ0) is 21.8. The first-order valence-electron chi connectivity index (χ1n) is 10.0. The Bertz CT molecular complexity index is 1160. The number of benzene rings is 1. The number of rotatable bonds is 6. The molecule has 3 aromatic rings. The van der Waals surface area contributed by atoms with Crippen LogP contribution < -0.4 is 16.4 Å². The molecule has 0 bridgehead atoms. The summed E-state index contributed by atoms with van der Waals surface area (Å²) < 4.78 is 6.79. The minimum absolute atomic E-state index is 0.0822. The van der Waals surface area contributed by atoms with Crippen molar-refractivity contribution in [3.8, 4) is 0 Å². The minimum Gasteiger partial charge on any atom is -0.466 e. The lowest BCUT2D eigenvalue weighted by Gasteiger charge is -2.12. The summed E-state index contributed by atoms with van der Waals surface area (Å²) in [4.78, 5) is 38.1. The van der Waals surface area contributed by atoms with E-state index in [2.05, 4.69) is 22.9 Å². The average molecular weight is 410 g/mol. The summed E-state index contributed by atoms with van der Waals surface area (Å²) in [5, 5.41) is 5.14. The Kier molecular flexibility index (Phi) is 6.34. The topological polar surface area (TPSA) is 106 Å². The van der Waals surface area contributed by atoms with E-state index in [0.717, 1.165) is 19.3 Å². The number of aromatic nitrogens is 2. The van der Waals surface area contributed by atoms with E-state index < -0.39 is 11.8 Å². The Labute approximate surface area is 174 Å². The second-order valence-electron chi connectivity index (χ2n) is 7.25. The Morgan fingerprint density at radius 2 is 1.67 bits per heavy atom. The highest BCUT2D eigenvalue weighted by Crippen LogP contribution is 2.20. The lowest BCUT2D eigenvalue weighted by molar-refractivity contribution is 0.0842. The summed E-state index contributed by atoms with van der Waals surface area (Å²) in [6, 6.07) is 6.83. The Morgan fingerprint density at radius 1 is 1.00 bits per heavy atom. The average Bonchev–Trinajstić information content (AvgIpc) is 2.99. The fourth-order valence-electron chi connectivity index (χ4n) is 3.43. The van der Waals surface area contributed by atoms with Gasteiger partial charge >= 0.3 is 0 Å². The molecule has 8 heteroatoms. The van der Waals surface area contributed by atoms with Gasteiger partial charge in [-0.15, -0.1) is 0 Å². The van der Waals surface area contributed by atoms with Crippen LogP contribution in [0.1, 0.15) is 64.1 Å².